The van der Waals surface area contributed by atoms with Crippen molar-refractivity contribution in [3.63, 3.8) is 0 Å². The molecule has 1 N–H and O–H groups in total. The van der Waals surface area contributed by atoms with Gasteiger partial charge in [-0.15, -0.1) is 0 Å². The molecule has 0 radical (unpaired) electrons. The third-order valence-electron chi connectivity index (χ3n) is 2.86. The maximum Gasteiger partial charge on any atom is 0.0529 e. The Bertz CT molecular complexity index is 349. The number of hydrogen-bond donors (Lipinski definition) is 1. The van der Waals surface area contributed by atoms with Crippen LogP contribution in [0.2, 0.25) is 0 Å². The van der Waals surface area contributed by atoms with Gasteiger partial charge in [0.15, 0.2) is 0 Å². The normalized spacial score (nSPS) is 14.5. The van der Waals surface area contributed by atoms with Crippen molar-refractivity contribution < 1.29 is 4.21 Å². The van der Waals surface area contributed by atoms with Crippen molar-refractivity contribution in [3.05, 3.63) is 28.7 Å². The molecular formula is C13H20BrNOS. The van der Waals surface area contributed by atoms with E-state index in [1.807, 2.05) is 31.3 Å². The van der Waals surface area contributed by atoms with Gasteiger partial charge in [-0.2, -0.15) is 0 Å². The molecule has 4 heteroatoms. The van der Waals surface area contributed by atoms with Gasteiger partial charge in [-0.25, -0.2) is 0 Å². The first-order valence-corrected chi connectivity index (χ1v) is 8.09. The molecule has 1 aromatic carbocycles. The van der Waals surface area contributed by atoms with Crippen LogP contribution >= 0.6 is 15.9 Å². The summed E-state index contributed by atoms with van der Waals surface area (Å²) in [5.41, 5.74) is 0. The van der Waals surface area contributed by atoms with Gasteiger partial charge in [0.25, 0.3) is 0 Å². The van der Waals surface area contributed by atoms with Crippen LogP contribution in [0.5, 0.6) is 0 Å². The summed E-state index contributed by atoms with van der Waals surface area (Å²) in [6, 6.07) is 8.29. The average molecular weight is 318 g/mol. The molecule has 2 nitrogen and oxygen atoms in total. The fraction of sp³-hybridized carbons (Fsp3) is 0.538. The van der Waals surface area contributed by atoms with E-state index in [2.05, 4.69) is 28.2 Å². The third kappa shape index (κ3) is 5.32. The lowest BCUT2D eigenvalue weighted by atomic mass is 10.1. The van der Waals surface area contributed by atoms with E-state index in [-0.39, 0.29) is 0 Å². The van der Waals surface area contributed by atoms with Crippen LogP contribution in [0.15, 0.2) is 33.6 Å². The van der Waals surface area contributed by atoms with E-state index in [1.165, 1.54) is 0 Å². The minimum absolute atomic E-state index is 0.553. The van der Waals surface area contributed by atoms with E-state index in [1.54, 1.807) is 0 Å². The van der Waals surface area contributed by atoms with Crippen LogP contribution in [-0.4, -0.2) is 23.1 Å². The van der Waals surface area contributed by atoms with Crippen LogP contribution in [-0.2, 0) is 10.8 Å². The van der Waals surface area contributed by atoms with Crippen molar-refractivity contribution in [3.8, 4) is 0 Å². The molecule has 1 rings (SSSR count). The summed E-state index contributed by atoms with van der Waals surface area (Å²) < 4.78 is 13.0. The van der Waals surface area contributed by atoms with Crippen LogP contribution in [0.25, 0.3) is 0 Å². The van der Waals surface area contributed by atoms with Crippen molar-refractivity contribution in [1.29, 1.82) is 0 Å². The maximum absolute atomic E-state index is 12.0. The largest absolute Gasteiger partial charge is 0.317 e. The van der Waals surface area contributed by atoms with Crippen LogP contribution < -0.4 is 5.32 Å². The molecule has 0 fully saturated rings. The number of halogens is 1. The highest BCUT2D eigenvalue weighted by atomic mass is 79.9. The summed E-state index contributed by atoms with van der Waals surface area (Å²) in [5, 5.41) is 3.27. The SMILES string of the molecule is CCC(CCCS(=O)c1ccc(Br)cc1)NC. The Morgan fingerprint density at radius 1 is 1.35 bits per heavy atom. The molecule has 0 amide bonds. The highest BCUT2D eigenvalue weighted by Gasteiger charge is 2.06. The van der Waals surface area contributed by atoms with Crippen molar-refractivity contribution in [2.24, 2.45) is 0 Å². The molecule has 0 saturated heterocycles. The average Bonchev–Trinajstić information content (AvgIpc) is 2.35. The fourth-order valence-corrected chi connectivity index (χ4v) is 3.09. The van der Waals surface area contributed by atoms with Crippen LogP contribution in [0.1, 0.15) is 26.2 Å². The van der Waals surface area contributed by atoms with E-state index in [9.17, 15) is 4.21 Å². The van der Waals surface area contributed by atoms with E-state index >= 15 is 0 Å². The lowest BCUT2D eigenvalue weighted by Crippen LogP contribution is -2.24. The van der Waals surface area contributed by atoms with Gasteiger partial charge in [-0.1, -0.05) is 22.9 Å². The first-order chi connectivity index (χ1) is 8.17. The second kappa shape index (κ2) is 8.01. The predicted molar refractivity (Wildman–Crippen MR) is 77.8 cm³/mol. The highest BCUT2D eigenvalue weighted by Crippen LogP contribution is 2.14. The van der Waals surface area contributed by atoms with Gasteiger partial charge in [-0.3, -0.25) is 4.21 Å². The maximum atomic E-state index is 12.0. The van der Waals surface area contributed by atoms with Crippen molar-refractivity contribution in [2.75, 3.05) is 12.8 Å². The van der Waals surface area contributed by atoms with Gasteiger partial charge in [0, 0.05) is 21.2 Å². The molecule has 0 aromatic heterocycles. The highest BCUT2D eigenvalue weighted by molar-refractivity contribution is 9.10. The fourth-order valence-electron chi connectivity index (χ4n) is 1.72. The first kappa shape index (κ1) is 14.9. The van der Waals surface area contributed by atoms with Crippen molar-refractivity contribution >= 4 is 26.7 Å². The molecule has 0 aliphatic carbocycles. The summed E-state index contributed by atoms with van der Waals surface area (Å²) >= 11 is 3.38. The summed E-state index contributed by atoms with van der Waals surface area (Å²) in [5.74, 6) is 0.750. The number of nitrogens with one attached hydrogen (secondary N) is 1. The quantitative estimate of drug-likeness (QED) is 0.835. The summed E-state index contributed by atoms with van der Waals surface area (Å²) in [7, 11) is 1.13. The van der Waals surface area contributed by atoms with Crippen molar-refractivity contribution in [2.45, 2.75) is 37.1 Å². The van der Waals surface area contributed by atoms with Crippen molar-refractivity contribution in [1.82, 2.24) is 5.32 Å². The number of rotatable bonds is 7. The van der Waals surface area contributed by atoms with Crippen LogP contribution in [0.3, 0.4) is 0 Å². The van der Waals surface area contributed by atoms with Gasteiger partial charge in [0.2, 0.25) is 0 Å². The lowest BCUT2D eigenvalue weighted by molar-refractivity contribution is 0.503. The van der Waals surface area contributed by atoms with Crippen LogP contribution in [0, 0.1) is 0 Å². The minimum atomic E-state index is -0.861. The van der Waals surface area contributed by atoms with Gasteiger partial charge in [0.05, 0.1) is 10.8 Å². The predicted octanol–water partition coefficient (Wildman–Crippen LogP) is 3.33. The minimum Gasteiger partial charge on any atom is -0.317 e. The Morgan fingerprint density at radius 2 is 2.00 bits per heavy atom. The molecule has 0 bridgehead atoms. The van der Waals surface area contributed by atoms with Gasteiger partial charge in [-0.05, 0) is 50.6 Å². The second-order valence-corrected chi connectivity index (χ2v) is 6.53. The summed E-state index contributed by atoms with van der Waals surface area (Å²) in [6.07, 6.45) is 3.22. The van der Waals surface area contributed by atoms with Gasteiger partial charge in [0.1, 0.15) is 0 Å². The molecule has 0 aliphatic heterocycles. The Labute approximate surface area is 115 Å². The Morgan fingerprint density at radius 3 is 2.53 bits per heavy atom. The van der Waals surface area contributed by atoms with Crippen LogP contribution in [0.4, 0.5) is 0 Å². The van der Waals surface area contributed by atoms with E-state index in [4.69, 9.17) is 0 Å². The zero-order valence-corrected chi connectivity index (χ0v) is 12.8. The van der Waals surface area contributed by atoms with Gasteiger partial charge < -0.3 is 5.32 Å². The monoisotopic (exact) mass is 317 g/mol. The molecular weight excluding hydrogens is 298 g/mol. The van der Waals surface area contributed by atoms with E-state index in [0.29, 0.717) is 6.04 Å². The standard InChI is InChI=1S/C13H20BrNOS/c1-3-12(15-2)5-4-10-17(16)13-8-6-11(14)7-9-13/h6-9,12,15H,3-5,10H2,1-2H3. The Balaban J connectivity index is 2.37. The Hall–Kier alpha value is -0.190. The molecule has 0 saturated carbocycles. The zero-order valence-electron chi connectivity index (χ0n) is 10.4. The molecule has 0 heterocycles. The van der Waals surface area contributed by atoms with Gasteiger partial charge >= 0.3 is 0 Å². The molecule has 17 heavy (non-hydrogen) atoms. The Kier molecular flexibility index (Phi) is 7.00. The number of hydrogen-bond acceptors (Lipinski definition) is 2. The van der Waals surface area contributed by atoms with E-state index in [0.717, 1.165) is 34.4 Å². The smallest absolute Gasteiger partial charge is 0.0529 e. The molecule has 96 valence electrons. The molecule has 0 aliphatic rings. The summed E-state index contributed by atoms with van der Waals surface area (Å²) in [6.45, 7) is 2.17. The molecule has 2 unspecified atom stereocenters. The first-order valence-electron chi connectivity index (χ1n) is 5.98. The molecule has 0 spiro atoms. The molecule has 2 atom stereocenters. The zero-order chi connectivity index (χ0) is 12.7. The second-order valence-electron chi connectivity index (χ2n) is 4.04. The number of benzene rings is 1. The van der Waals surface area contributed by atoms with E-state index < -0.39 is 10.8 Å². The third-order valence-corrected chi connectivity index (χ3v) is 4.85. The lowest BCUT2D eigenvalue weighted by Gasteiger charge is -2.12. The molecule has 1 aromatic rings. The topological polar surface area (TPSA) is 29.1 Å². The summed E-state index contributed by atoms with van der Waals surface area (Å²) in [4.78, 5) is 0.922.